The smallest absolute Gasteiger partial charge is 0.335 e. The molecule has 0 spiro atoms. The lowest BCUT2D eigenvalue weighted by Gasteiger charge is -2.16. The number of carboxylic acids is 1. The fraction of sp³-hybridized carbons (Fsp3) is 0.296. The molecule has 1 saturated carbocycles. The highest BCUT2D eigenvalue weighted by Crippen LogP contribution is 2.26. The second-order valence-corrected chi connectivity index (χ2v) is 8.17. The first-order valence-corrected chi connectivity index (χ1v) is 11.1. The van der Waals surface area contributed by atoms with Crippen LogP contribution in [0.4, 0.5) is 0 Å². The van der Waals surface area contributed by atoms with Crippen LogP contribution in [-0.2, 0) is 0 Å². The molecule has 3 aromatic rings. The summed E-state index contributed by atoms with van der Waals surface area (Å²) in [7, 11) is 0. The molecule has 160 valence electrons. The number of hydrogen-bond donors (Lipinski definition) is 2. The van der Waals surface area contributed by atoms with E-state index in [1.165, 1.54) is 36.6 Å². The van der Waals surface area contributed by atoms with Gasteiger partial charge < -0.3 is 15.2 Å². The fourth-order valence-electron chi connectivity index (χ4n) is 4.19. The molecule has 4 nitrogen and oxygen atoms in total. The van der Waals surface area contributed by atoms with Gasteiger partial charge in [0, 0.05) is 24.4 Å². The van der Waals surface area contributed by atoms with E-state index < -0.39 is 5.97 Å². The van der Waals surface area contributed by atoms with Crippen LogP contribution in [0.25, 0.3) is 16.8 Å². The number of fused-ring (bicyclic) bond motifs is 1. The molecular formula is C27H29NO3. The maximum Gasteiger partial charge on any atom is 0.335 e. The lowest BCUT2D eigenvalue weighted by atomic mass is 10.1. The van der Waals surface area contributed by atoms with Crippen LogP contribution >= 0.6 is 0 Å². The number of hydrogen-bond acceptors (Lipinski definition) is 3. The highest BCUT2D eigenvalue weighted by molar-refractivity contribution is 5.88. The molecule has 0 atom stereocenters. The number of aromatic carboxylic acids is 1. The average molecular weight is 416 g/mol. The molecule has 1 fully saturated rings. The van der Waals surface area contributed by atoms with Crippen molar-refractivity contribution in [2.24, 2.45) is 0 Å². The summed E-state index contributed by atoms with van der Waals surface area (Å²) in [4.78, 5) is 11.1. The van der Waals surface area contributed by atoms with Gasteiger partial charge in [0.2, 0.25) is 0 Å². The fourth-order valence-corrected chi connectivity index (χ4v) is 4.19. The van der Waals surface area contributed by atoms with Crippen LogP contribution in [0.5, 0.6) is 5.75 Å². The minimum absolute atomic E-state index is 0.307. The van der Waals surface area contributed by atoms with Gasteiger partial charge in [-0.3, -0.25) is 0 Å². The highest BCUT2D eigenvalue weighted by Gasteiger charge is 2.14. The van der Waals surface area contributed by atoms with Crippen LogP contribution in [0.1, 0.15) is 48.0 Å². The summed E-state index contributed by atoms with van der Waals surface area (Å²) in [5, 5.41) is 15.1. The van der Waals surface area contributed by atoms with Crippen LogP contribution in [-0.4, -0.2) is 30.3 Å². The van der Waals surface area contributed by atoms with Crippen LogP contribution in [0.3, 0.4) is 0 Å². The molecule has 3 aromatic carbocycles. The molecule has 2 N–H and O–H groups in total. The largest absolute Gasteiger partial charge is 0.493 e. The molecule has 4 rings (SSSR count). The third-order valence-corrected chi connectivity index (χ3v) is 5.93. The van der Waals surface area contributed by atoms with Crippen molar-refractivity contribution in [1.82, 2.24) is 5.32 Å². The predicted molar refractivity (Wildman–Crippen MR) is 126 cm³/mol. The molecule has 4 heteroatoms. The van der Waals surface area contributed by atoms with Gasteiger partial charge in [-0.15, -0.1) is 0 Å². The summed E-state index contributed by atoms with van der Waals surface area (Å²) in [6.45, 7) is 1.42. The minimum atomic E-state index is -0.901. The van der Waals surface area contributed by atoms with Crippen molar-refractivity contribution >= 4 is 22.8 Å². The van der Waals surface area contributed by atoms with Gasteiger partial charge in [0.05, 0.1) is 12.2 Å². The predicted octanol–water partition coefficient (Wildman–Crippen LogP) is 5.92. The highest BCUT2D eigenvalue weighted by atomic mass is 16.5. The van der Waals surface area contributed by atoms with Gasteiger partial charge in [-0.25, -0.2) is 4.79 Å². The van der Waals surface area contributed by atoms with Gasteiger partial charge in [-0.2, -0.15) is 0 Å². The Kier molecular flexibility index (Phi) is 7.00. The Hall–Kier alpha value is -3.11. The number of rotatable bonds is 9. The van der Waals surface area contributed by atoms with Crippen molar-refractivity contribution < 1.29 is 14.6 Å². The summed E-state index contributed by atoms with van der Waals surface area (Å²) in [5.74, 6) is 0.00848. The molecule has 0 aromatic heterocycles. The average Bonchev–Trinajstić information content (AvgIpc) is 3.31. The molecule has 0 aliphatic heterocycles. The number of ether oxygens (including phenoxy) is 1. The molecule has 0 bridgehead atoms. The third kappa shape index (κ3) is 5.74. The molecule has 0 heterocycles. The minimum Gasteiger partial charge on any atom is -0.493 e. The van der Waals surface area contributed by atoms with E-state index in [1.807, 2.05) is 36.4 Å². The zero-order valence-corrected chi connectivity index (χ0v) is 17.7. The normalized spacial score (nSPS) is 14.8. The van der Waals surface area contributed by atoms with Crippen LogP contribution in [0.15, 0.2) is 72.3 Å². The number of nitrogens with one attached hydrogen (secondary N) is 1. The molecule has 1 aliphatic rings. The van der Waals surface area contributed by atoms with Crippen molar-refractivity contribution in [1.29, 1.82) is 0 Å². The van der Waals surface area contributed by atoms with Gasteiger partial charge in [-0.05, 0) is 42.0 Å². The Morgan fingerprint density at radius 3 is 2.52 bits per heavy atom. The van der Waals surface area contributed by atoms with Gasteiger partial charge in [0.15, 0.2) is 0 Å². The lowest BCUT2D eigenvalue weighted by molar-refractivity contribution is 0.0697. The number of carbonyl (C=O) groups is 1. The molecule has 0 unspecified atom stereocenters. The first kappa shape index (κ1) is 21.1. The molecule has 0 radical (unpaired) electrons. The summed E-state index contributed by atoms with van der Waals surface area (Å²) >= 11 is 0. The van der Waals surface area contributed by atoms with Gasteiger partial charge in [-0.1, -0.05) is 73.0 Å². The Balaban J connectivity index is 1.44. The third-order valence-electron chi connectivity index (χ3n) is 5.93. The SMILES string of the molecule is O=C(O)c1ccc(C=C(CCOc2cccc3ccccc23)CNC2CCCC2)cc1. The monoisotopic (exact) mass is 415 g/mol. The molecule has 0 saturated heterocycles. The summed E-state index contributed by atoms with van der Waals surface area (Å²) in [6, 6.07) is 22.0. The molecule has 31 heavy (non-hydrogen) atoms. The lowest BCUT2D eigenvalue weighted by Crippen LogP contribution is -2.28. The van der Waals surface area contributed by atoms with Gasteiger partial charge in [0.25, 0.3) is 0 Å². The second-order valence-electron chi connectivity index (χ2n) is 8.17. The molecule has 1 aliphatic carbocycles. The van der Waals surface area contributed by atoms with Crippen LogP contribution in [0, 0.1) is 0 Å². The van der Waals surface area contributed by atoms with E-state index in [-0.39, 0.29) is 0 Å². The Morgan fingerprint density at radius 2 is 1.74 bits per heavy atom. The van der Waals surface area contributed by atoms with E-state index in [4.69, 9.17) is 9.84 Å². The van der Waals surface area contributed by atoms with Crippen molar-refractivity contribution in [3.8, 4) is 5.75 Å². The second kappa shape index (κ2) is 10.3. The number of carboxylic acid groups (broad SMARTS) is 1. The van der Waals surface area contributed by atoms with E-state index in [0.29, 0.717) is 18.2 Å². The van der Waals surface area contributed by atoms with E-state index in [9.17, 15) is 4.79 Å². The molecular weight excluding hydrogens is 386 g/mol. The van der Waals surface area contributed by atoms with E-state index in [1.54, 1.807) is 12.1 Å². The van der Waals surface area contributed by atoms with Crippen LogP contribution < -0.4 is 10.1 Å². The zero-order chi connectivity index (χ0) is 21.5. The van der Waals surface area contributed by atoms with E-state index in [2.05, 4.69) is 29.6 Å². The Bertz CT molecular complexity index is 1040. The quantitative estimate of drug-likeness (QED) is 0.455. The topological polar surface area (TPSA) is 58.6 Å². The van der Waals surface area contributed by atoms with Gasteiger partial charge in [0.1, 0.15) is 5.75 Å². The van der Waals surface area contributed by atoms with Crippen LogP contribution in [0.2, 0.25) is 0 Å². The van der Waals surface area contributed by atoms with Crippen molar-refractivity contribution in [2.45, 2.75) is 38.1 Å². The Morgan fingerprint density at radius 1 is 1.00 bits per heavy atom. The molecule has 0 amide bonds. The first-order chi connectivity index (χ1) is 15.2. The number of benzene rings is 3. The van der Waals surface area contributed by atoms with Crippen molar-refractivity contribution in [3.63, 3.8) is 0 Å². The van der Waals surface area contributed by atoms with E-state index >= 15 is 0 Å². The summed E-state index contributed by atoms with van der Waals surface area (Å²) in [5.41, 5.74) is 2.58. The maximum absolute atomic E-state index is 11.1. The van der Waals surface area contributed by atoms with Crippen molar-refractivity contribution in [2.75, 3.05) is 13.2 Å². The van der Waals surface area contributed by atoms with Gasteiger partial charge >= 0.3 is 5.97 Å². The summed E-state index contributed by atoms with van der Waals surface area (Å²) < 4.78 is 6.16. The zero-order valence-electron chi connectivity index (χ0n) is 17.7. The summed E-state index contributed by atoms with van der Waals surface area (Å²) in [6.07, 6.45) is 8.05. The van der Waals surface area contributed by atoms with Crippen molar-refractivity contribution in [3.05, 3.63) is 83.4 Å². The van der Waals surface area contributed by atoms with E-state index in [0.717, 1.165) is 29.7 Å². The maximum atomic E-state index is 11.1. The Labute approximate surface area is 183 Å². The standard InChI is InChI=1S/C27H29NO3/c29-27(30)23-14-12-20(13-15-23)18-21(19-28-24-8-2-3-9-24)16-17-31-26-11-5-7-22-6-1-4-10-25(22)26/h1,4-7,10-15,18,24,28H,2-3,8-9,16-17,19H2,(H,29,30). The first-order valence-electron chi connectivity index (χ1n) is 11.1.